The van der Waals surface area contributed by atoms with E-state index >= 15 is 0 Å². The summed E-state index contributed by atoms with van der Waals surface area (Å²) in [5.41, 5.74) is -0.968. The molecule has 0 spiro atoms. The van der Waals surface area contributed by atoms with Crippen molar-refractivity contribution in [3.63, 3.8) is 0 Å². The maximum absolute atomic E-state index is 12.5. The Balaban J connectivity index is 2.20. The molecule has 2 atom stereocenters. The molecule has 0 aliphatic carbocycles. The number of hydrogen-bond acceptors (Lipinski definition) is 3. The molecule has 2 aliphatic rings. The molecule has 0 aromatic heterocycles. The Hall–Kier alpha value is -0.410. The first-order valence-corrected chi connectivity index (χ1v) is 6.82. The lowest BCUT2D eigenvalue weighted by Crippen LogP contribution is -2.47. The molecular formula is C14H25NO2. The van der Waals surface area contributed by atoms with Crippen LogP contribution in [0, 0.1) is 5.92 Å². The van der Waals surface area contributed by atoms with Crippen LogP contribution in [0.2, 0.25) is 0 Å². The van der Waals surface area contributed by atoms with Crippen molar-refractivity contribution >= 4 is 5.78 Å². The van der Waals surface area contributed by atoms with Crippen molar-refractivity contribution in [2.75, 3.05) is 6.54 Å². The average Bonchev–Trinajstić information content (AvgIpc) is 2.42. The van der Waals surface area contributed by atoms with Crippen molar-refractivity contribution in [2.45, 2.75) is 70.6 Å². The van der Waals surface area contributed by atoms with Crippen LogP contribution in [0.25, 0.3) is 0 Å². The van der Waals surface area contributed by atoms with Gasteiger partial charge in [0, 0.05) is 6.04 Å². The molecule has 2 aliphatic heterocycles. The van der Waals surface area contributed by atoms with Gasteiger partial charge in [-0.2, -0.15) is 0 Å². The summed E-state index contributed by atoms with van der Waals surface area (Å²) >= 11 is 0. The van der Waals surface area contributed by atoms with Crippen LogP contribution in [0.3, 0.4) is 0 Å². The van der Waals surface area contributed by atoms with Crippen LogP contribution in [0.5, 0.6) is 0 Å². The molecule has 2 saturated heterocycles. The number of carbonyl (C=O) groups excluding carboxylic acids is 1. The maximum atomic E-state index is 12.5. The summed E-state index contributed by atoms with van der Waals surface area (Å²) in [6.45, 7) is 8.93. The van der Waals surface area contributed by atoms with E-state index in [1.54, 1.807) is 0 Å². The summed E-state index contributed by atoms with van der Waals surface area (Å²) in [6.07, 6.45) is 4.81. The molecule has 17 heavy (non-hydrogen) atoms. The highest BCUT2D eigenvalue weighted by Gasteiger charge is 2.55. The van der Waals surface area contributed by atoms with E-state index in [2.05, 4.69) is 19.2 Å². The van der Waals surface area contributed by atoms with Gasteiger partial charge < -0.3 is 10.1 Å². The number of hydrogen-bond donors (Lipinski definition) is 1. The monoisotopic (exact) mass is 239 g/mol. The van der Waals surface area contributed by atoms with Crippen LogP contribution < -0.4 is 5.32 Å². The molecule has 0 radical (unpaired) electrons. The van der Waals surface area contributed by atoms with Gasteiger partial charge in [0.25, 0.3) is 0 Å². The number of rotatable bonds is 1. The van der Waals surface area contributed by atoms with Gasteiger partial charge in [0.15, 0.2) is 5.78 Å². The van der Waals surface area contributed by atoms with E-state index < -0.39 is 5.60 Å². The lowest BCUT2D eigenvalue weighted by Gasteiger charge is -2.31. The second-order valence-electron chi connectivity index (χ2n) is 6.47. The summed E-state index contributed by atoms with van der Waals surface area (Å²) in [6, 6.07) is 0.293. The summed E-state index contributed by atoms with van der Waals surface area (Å²) in [7, 11) is 0. The van der Waals surface area contributed by atoms with Crippen molar-refractivity contribution in [3.05, 3.63) is 0 Å². The Morgan fingerprint density at radius 1 is 1.18 bits per heavy atom. The zero-order valence-corrected chi connectivity index (χ0v) is 11.5. The Labute approximate surface area is 104 Å². The first kappa shape index (κ1) is 13.0. The predicted molar refractivity (Wildman–Crippen MR) is 68.0 cm³/mol. The Morgan fingerprint density at radius 2 is 1.88 bits per heavy atom. The quantitative estimate of drug-likeness (QED) is 0.763. The van der Waals surface area contributed by atoms with Gasteiger partial charge in [-0.3, -0.25) is 4.79 Å². The molecule has 0 aromatic carbocycles. The second kappa shape index (κ2) is 4.36. The SMILES string of the molecule is CC1(C)OC(C)(C)C(C2CCCCCN2)C1=O. The van der Waals surface area contributed by atoms with Crippen LogP contribution in [-0.2, 0) is 9.53 Å². The third-order valence-corrected chi connectivity index (χ3v) is 4.14. The average molecular weight is 239 g/mol. The largest absolute Gasteiger partial charge is 0.361 e. The molecule has 0 saturated carbocycles. The van der Waals surface area contributed by atoms with Gasteiger partial charge in [-0.25, -0.2) is 0 Å². The van der Waals surface area contributed by atoms with Gasteiger partial charge in [0.2, 0.25) is 0 Å². The van der Waals surface area contributed by atoms with Crippen molar-refractivity contribution in [1.29, 1.82) is 0 Å². The van der Waals surface area contributed by atoms with Crippen molar-refractivity contribution < 1.29 is 9.53 Å². The zero-order chi connectivity index (χ0) is 12.7. The summed E-state index contributed by atoms with van der Waals surface area (Å²) in [4.78, 5) is 12.5. The lowest BCUT2D eigenvalue weighted by molar-refractivity contribution is -0.132. The minimum atomic E-state index is -0.623. The molecule has 0 amide bonds. The fraction of sp³-hybridized carbons (Fsp3) is 0.929. The number of ether oxygens (including phenoxy) is 1. The third-order valence-electron chi connectivity index (χ3n) is 4.14. The van der Waals surface area contributed by atoms with Crippen LogP contribution in [0.1, 0.15) is 53.4 Å². The number of nitrogens with one attached hydrogen (secondary N) is 1. The smallest absolute Gasteiger partial charge is 0.171 e. The van der Waals surface area contributed by atoms with Gasteiger partial charge >= 0.3 is 0 Å². The third kappa shape index (κ3) is 2.41. The van der Waals surface area contributed by atoms with E-state index in [9.17, 15) is 4.79 Å². The van der Waals surface area contributed by atoms with E-state index in [1.807, 2.05) is 13.8 Å². The van der Waals surface area contributed by atoms with Gasteiger partial charge in [0.1, 0.15) is 5.60 Å². The minimum Gasteiger partial charge on any atom is -0.361 e. The van der Waals surface area contributed by atoms with Gasteiger partial charge in [-0.05, 0) is 47.1 Å². The van der Waals surface area contributed by atoms with Gasteiger partial charge in [-0.1, -0.05) is 12.8 Å². The summed E-state index contributed by atoms with van der Waals surface area (Å²) < 4.78 is 5.97. The number of Topliss-reactive ketones (excluding diaryl/α,β-unsaturated/α-hetero) is 1. The molecule has 0 bridgehead atoms. The normalized spacial score (nSPS) is 36.8. The molecular weight excluding hydrogens is 214 g/mol. The summed E-state index contributed by atoms with van der Waals surface area (Å²) in [5.74, 6) is 0.262. The lowest BCUT2D eigenvalue weighted by atomic mass is 9.79. The zero-order valence-electron chi connectivity index (χ0n) is 11.5. The van der Waals surface area contributed by atoms with E-state index in [-0.39, 0.29) is 17.3 Å². The van der Waals surface area contributed by atoms with Crippen molar-refractivity contribution in [3.8, 4) is 0 Å². The number of carbonyl (C=O) groups is 1. The molecule has 3 nitrogen and oxygen atoms in total. The second-order valence-corrected chi connectivity index (χ2v) is 6.47. The highest BCUT2D eigenvalue weighted by molar-refractivity contribution is 5.92. The molecule has 2 heterocycles. The van der Waals surface area contributed by atoms with E-state index in [0.29, 0.717) is 6.04 Å². The molecule has 2 unspecified atom stereocenters. The molecule has 98 valence electrons. The minimum absolute atomic E-state index is 0.00407. The van der Waals surface area contributed by atoms with Crippen molar-refractivity contribution in [2.24, 2.45) is 5.92 Å². The standard InChI is InChI=1S/C14H25NO2/c1-13(2)11(12(16)14(3,4)17-13)10-8-6-5-7-9-15-10/h10-11,15H,5-9H2,1-4H3. The van der Waals surface area contributed by atoms with Crippen molar-refractivity contribution in [1.82, 2.24) is 5.32 Å². The maximum Gasteiger partial charge on any atom is 0.171 e. The van der Waals surface area contributed by atoms with Crippen LogP contribution in [0.15, 0.2) is 0 Å². The van der Waals surface area contributed by atoms with Crippen LogP contribution in [0.4, 0.5) is 0 Å². The van der Waals surface area contributed by atoms with E-state index in [4.69, 9.17) is 4.74 Å². The van der Waals surface area contributed by atoms with E-state index in [1.165, 1.54) is 19.3 Å². The Bertz CT molecular complexity index is 301. The topological polar surface area (TPSA) is 38.3 Å². The molecule has 2 fully saturated rings. The molecule has 3 heteroatoms. The highest BCUT2D eigenvalue weighted by atomic mass is 16.5. The highest BCUT2D eigenvalue weighted by Crippen LogP contribution is 2.42. The number of ketones is 1. The van der Waals surface area contributed by atoms with Gasteiger partial charge in [0.05, 0.1) is 11.5 Å². The Kier molecular flexibility index (Phi) is 3.34. The van der Waals surface area contributed by atoms with E-state index in [0.717, 1.165) is 13.0 Å². The predicted octanol–water partition coefficient (Wildman–Crippen LogP) is 2.29. The van der Waals surface area contributed by atoms with Crippen LogP contribution >= 0.6 is 0 Å². The summed E-state index contributed by atoms with van der Waals surface area (Å²) in [5, 5.41) is 3.55. The van der Waals surface area contributed by atoms with Crippen LogP contribution in [-0.4, -0.2) is 29.6 Å². The first-order valence-electron chi connectivity index (χ1n) is 6.82. The fourth-order valence-electron chi connectivity index (χ4n) is 3.47. The first-order chi connectivity index (χ1) is 7.84. The molecule has 1 N–H and O–H groups in total. The fourth-order valence-corrected chi connectivity index (χ4v) is 3.47. The molecule has 0 aromatic rings. The molecule has 2 rings (SSSR count). The Morgan fingerprint density at radius 3 is 2.47 bits per heavy atom. The van der Waals surface area contributed by atoms with Gasteiger partial charge in [-0.15, -0.1) is 0 Å².